The van der Waals surface area contributed by atoms with Crippen LogP contribution in [0.2, 0.25) is 0 Å². The van der Waals surface area contributed by atoms with Gasteiger partial charge in [-0.25, -0.2) is 0 Å². The summed E-state index contributed by atoms with van der Waals surface area (Å²) in [5.74, 6) is 0.957. The Balaban J connectivity index is 1.95. The molecule has 1 saturated heterocycles. The van der Waals surface area contributed by atoms with Crippen molar-refractivity contribution < 1.29 is 0 Å². The van der Waals surface area contributed by atoms with Crippen molar-refractivity contribution in [3.05, 3.63) is 0 Å². The fourth-order valence-corrected chi connectivity index (χ4v) is 2.21. The fourth-order valence-electron chi connectivity index (χ4n) is 2.21. The first-order valence-electron chi connectivity index (χ1n) is 6.95. The Bertz CT molecular complexity index is 176. The van der Waals surface area contributed by atoms with Crippen LogP contribution in [0.1, 0.15) is 53.4 Å². The van der Waals surface area contributed by atoms with Crippen molar-refractivity contribution in [3.8, 4) is 0 Å². The molecule has 2 heteroatoms. The maximum Gasteiger partial charge on any atom is 0.00965 e. The highest BCUT2D eigenvalue weighted by molar-refractivity contribution is 4.71. The standard InChI is InChI=1S/C14H30N2/c1-13-7-11-16(12-8-13)10-6-5-9-15-14(2,3)4/h13,15H,5-12H2,1-4H3. The summed E-state index contributed by atoms with van der Waals surface area (Å²) in [6.45, 7) is 14.2. The summed E-state index contributed by atoms with van der Waals surface area (Å²) < 4.78 is 0. The molecule has 16 heavy (non-hydrogen) atoms. The molecule has 0 aromatic rings. The molecule has 0 aromatic heterocycles. The largest absolute Gasteiger partial charge is 0.312 e. The van der Waals surface area contributed by atoms with E-state index in [-0.39, 0.29) is 5.54 Å². The molecule has 0 amide bonds. The lowest BCUT2D eigenvalue weighted by Gasteiger charge is -2.30. The maximum atomic E-state index is 3.55. The smallest absolute Gasteiger partial charge is 0.00965 e. The number of rotatable bonds is 5. The molecule has 0 saturated carbocycles. The molecular formula is C14H30N2. The molecule has 0 radical (unpaired) electrons. The zero-order valence-corrected chi connectivity index (χ0v) is 11.7. The van der Waals surface area contributed by atoms with Crippen LogP contribution in [-0.4, -0.2) is 36.6 Å². The second kappa shape index (κ2) is 6.61. The number of likely N-dealkylation sites (tertiary alicyclic amines) is 1. The first kappa shape index (κ1) is 14.0. The lowest BCUT2D eigenvalue weighted by molar-refractivity contribution is 0.189. The van der Waals surface area contributed by atoms with Gasteiger partial charge in [-0.2, -0.15) is 0 Å². The average molecular weight is 226 g/mol. The number of hydrogen-bond acceptors (Lipinski definition) is 2. The van der Waals surface area contributed by atoms with Crippen LogP contribution in [0.15, 0.2) is 0 Å². The summed E-state index contributed by atoms with van der Waals surface area (Å²) in [5, 5.41) is 3.55. The van der Waals surface area contributed by atoms with Crippen LogP contribution < -0.4 is 5.32 Å². The van der Waals surface area contributed by atoms with E-state index in [2.05, 4.69) is 37.9 Å². The Kier molecular flexibility index (Phi) is 5.77. The Labute approximate surface area is 102 Å². The second-order valence-corrected chi connectivity index (χ2v) is 6.41. The number of hydrogen-bond donors (Lipinski definition) is 1. The van der Waals surface area contributed by atoms with E-state index in [4.69, 9.17) is 0 Å². The van der Waals surface area contributed by atoms with Crippen molar-refractivity contribution in [1.82, 2.24) is 10.2 Å². The number of nitrogens with zero attached hydrogens (tertiary/aromatic N) is 1. The Hall–Kier alpha value is -0.0800. The summed E-state index contributed by atoms with van der Waals surface area (Å²) in [6, 6.07) is 0. The Morgan fingerprint density at radius 1 is 1.12 bits per heavy atom. The monoisotopic (exact) mass is 226 g/mol. The van der Waals surface area contributed by atoms with Crippen LogP contribution in [0.25, 0.3) is 0 Å². The van der Waals surface area contributed by atoms with Crippen LogP contribution in [0.4, 0.5) is 0 Å². The highest BCUT2D eigenvalue weighted by Crippen LogP contribution is 2.16. The average Bonchev–Trinajstić information content (AvgIpc) is 2.19. The molecule has 0 atom stereocenters. The van der Waals surface area contributed by atoms with E-state index in [0.29, 0.717) is 0 Å². The molecule has 1 rings (SSSR count). The lowest BCUT2D eigenvalue weighted by atomic mass is 9.99. The van der Waals surface area contributed by atoms with Gasteiger partial charge in [0.05, 0.1) is 0 Å². The minimum atomic E-state index is 0.278. The molecule has 0 unspecified atom stereocenters. The third kappa shape index (κ3) is 6.49. The van der Waals surface area contributed by atoms with Gasteiger partial charge >= 0.3 is 0 Å². The highest BCUT2D eigenvalue weighted by atomic mass is 15.1. The van der Waals surface area contributed by atoms with Gasteiger partial charge in [0.2, 0.25) is 0 Å². The van der Waals surface area contributed by atoms with E-state index >= 15 is 0 Å². The highest BCUT2D eigenvalue weighted by Gasteiger charge is 2.14. The summed E-state index contributed by atoms with van der Waals surface area (Å²) in [5.41, 5.74) is 0.278. The van der Waals surface area contributed by atoms with E-state index < -0.39 is 0 Å². The van der Waals surface area contributed by atoms with Crippen molar-refractivity contribution in [2.75, 3.05) is 26.2 Å². The molecule has 0 bridgehead atoms. The van der Waals surface area contributed by atoms with Gasteiger partial charge in [0.1, 0.15) is 0 Å². The van der Waals surface area contributed by atoms with Gasteiger partial charge in [0.15, 0.2) is 0 Å². The minimum Gasteiger partial charge on any atom is -0.312 e. The van der Waals surface area contributed by atoms with Crippen LogP contribution in [-0.2, 0) is 0 Å². The third-order valence-corrected chi connectivity index (χ3v) is 3.43. The molecule has 0 aliphatic carbocycles. The van der Waals surface area contributed by atoms with Crippen LogP contribution in [0.3, 0.4) is 0 Å². The van der Waals surface area contributed by atoms with Crippen molar-refractivity contribution >= 4 is 0 Å². The molecule has 0 spiro atoms. The molecule has 0 aromatic carbocycles. The molecule has 1 heterocycles. The van der Waals surface area contributed by atoms with Gasteiger partial charge in [0, 0.05) is 5.54 Å². The van der Waals surface area contributed by atoms with Gasteiger partial charge in [-0.15, -0.1) is 0 Å². The molecule has 96 valence electrons. The first-order chi connectivity index (χ1) is 7.47. The van der Waals surface area contributed by atoms with Gasteiger partial charge in [0.25, 0.3) is 0 Å². The molecule has 2 nitrogen and oxygen atoms in total. The van der Waals surface area contributed by atoms with Crippen molar-refractivity contribution in [2.24, 2.45) is 5.92 Å². The number of unbranched alkanes of at least 4 members (excludes halogenated alkanes) is 1. The van der Waals surface area contributed by atoms with Crippen LogP contribution in [0, 0.1) is 5.92 Å². The fraction of sp³-hybridized carbons (Fsp3) is 1.00. The lowest BCUT2D eigenvalue weighted by Crippen LogP contribution is -2.37. The summed E-state index contributed by atoms with van der Waals surface area (Å²) in [7, 11) is 0. The van der Waals surface area contributed by atoms with Gasteiger partial charge in [-0.3, -0.25) is 0 Å². The molecule has 1 aliphatic rings. The predicted octanol–water partition coefficient (Wildman–Crippen LogP) is 2.89. The normalized spacial score (nSPS) is 20.2. The second-order valence-electron chi connectivity index (χ2n) is 6.41. The van der Waals surface area contributed by atoms with E-state index in [0.717, 1.165) is 12.5 Å². The zero-order valence-electron chi connectivity index (χ0n) is 11.7. The molecular weight excluding hydrogens is 196 g/mol. The zero-order chi connectivity index (χ0) is 12.0. The summed E-state index contributed by atoms with van der Waals surface area (Å²) >= 11 is 0. The Morgan fingerprint density at radius 3 is 2.31 bits per heavy atom. The number of nitrogens with one attached hydrogen (secondary N) is 1. The molecule has 1 fully saturated rings. The summed E-state index contributed by atoms with van der Waals surface area (Å²) in [4.78, 5) is 2.64. The maximum absolute atomic E-state index is 3.55. The van der Waals surface area contributed by atoms with Gasteiger partial charge in [-0.1, -0.05) is 6.92 Å². The third-order valence-electron chi connectivity index (χ3n) is 3.43. The first-order valence-corrected chi connectivity index (χ1v) is 6.95. The SMILES string of the molecule is CC1CCN(CCCCNC(C)(C)C)CC1. The van der Waals surface area contributed by atoms with Gasteiger partial charge < -0.3 is 10.2 Å². The van der Waals surface area contributed by atoms with E-state index in [1.807, 2.05) is 0 Å². The van der Waals surface area contributed by atoms with E-state index in [1.165, 1.54) is 45.3 Å². The van der Waals surface area contributed by atoms with Gasteiger partial charge in [-0.05, 0) is 78.6 Å². The van der Waals surface area contributed by atoms with Crippen molar-refractivity contribution in [1.29, 1.82) is 0 Å². The quantitative estimate of drug-likeness (QED) is 0.725. The van der Waals surface area contributed by atoms with Crippen LogP contribution >= 0.6 is 0 Å². The predicted molar refractivity (Wildman–Crippen MR) is 71.8 cm³/mol. The van der Waals surface area contributed by atoms with Crippen molar-refractivity contribution in [2.45, 2.75) is 58.9 Å². The number of piperidine rings is 1. The molecule has 1 N–H and O–H groups in total. The molecule has 1 aliphatic heterocycles. The summed E-state index contributed by atoms with van der Waals surface area (Å²) in [6.07, 6.45) is 5.46. The van der Waals surface area contributed by atoms with E-state index in [9.17, 15) is 0 Å². The van der Waals surface area contributed by atoms with Crippen LogP contribution in [0.5, 0.6) is 0 Å². The minimum absolute atomic E-state index is 0.278. The van der Waals surface area contributed by atoms with E-state index in [1.54, 1.807) is 0 Å². The topological polar surface area (TPSA) is 15.3 Å². The Morgan fingerprint density at radius 2 is 1.75 bits per heavy atom. The van der Waals surface area contributed by atoms with Crippen molar-refractivity contribution in [3.63, 3.8) is 0 Å².